The molecule has 4 rings (SSSR count). The second kappa shape index (κ2) is 9.65. The molecule has 0 atom stereocenters. The van der Waals surface area contributed by atoms with E-state index in [9.17, 15) is 9.59 Å². The number of fused-ring (bicyclic) bond motifs is 1. The number of hydrogen-bond acceptors (Lipinski definition) is 5. The average Bonchev–Trinajstić information content (AvgIpc) is 2.75. The van der Waals surface area contributed by atoms with Crippen molar-refractivity contribution in [2.24, 2.45) is 0 Å². The van der Waals surface area contributed by atoms with Crippen molar-refractivity contribution < 1.29 is 13.9 Å². The van der Waals surface area contributed by atoms with Crippen LogP contribution >= 0.6 is 23.2 Å². The lowest BCUT2D eigenvalue weighted by atomic mass is 10.0. The molecule has 0 bridgehead atoms. The Balaban J connectivity index is 1.51. The van der Waals surface area contributed by atoms with Crippen molar-refractivity contribution in [2.75, 3.05) is 20.1 Å². The van der Waals surface area contributed by atoms with Gasteiger partial charge in [0.2, 0.25) is 0 Å². The number of piperidine rings is 1. The number of halogens is 2. The minimum atomic E-state index is -0.500. The van der Waals surface area contributed by atoms with Gasteiger partial charge in [-0.05, 0) is 62.7 Å². The van der Waals surface area contributed by atoms with Gasteiger partial charge in [-0.25, -0.2) is 4.79 Å². The monoisotopic (exact) mass is 473 g/mol. The smallest absolute Gasteiger partial charge is 0.339 e. The number of likely N-dealkylation sites (tertiary alicyclic amines) is 1. The molecule has 2 heterocycles. The van der Waals surface area contributed by atoms with Crippen LogP contribution in [0.3, 0.4) is 0 Å². The third kappa shape index (κ3) is 5.17. The molecule has 168 valence electrons. The van der Waals surface area contributed by atoms with Crippen LogP contribution in [0, 0.1) is 6.92 Å². The first-order valence-electron chi connectivity index (χ1n) is 10.7. The van der Waals surface area contributed by atoms with E-state index < -0.39 is 5.63 Å². The molecule has 0 saturated carbocycles. The Morgan fingerprint density at radius 3 is 2.56 bits per heavy atom. The van der Waals surface area contributed by atoms with Gasteiger partial charge in [-0.2, -0.15) is 0 Å². The molecule has 0 N–H and O–H groups in total. The van der Waals surface area contributed by atoms with Gasteiger partial charge < -0.3 is 14.1 Å². The van der Waals surface area contributed by atoms with Gasteiger partial charge in [-0.1, -0.05) is 29.3 Å². The van der Waals surface area contributed by atoms with E-state index in [1.807, 2.05) is 19.1 Å². The highest BCUT2D eigenvalue weighted by Gasteiger charge is 2.20. The van der Waals surface area contributed by atoms with Crippen LogP contribution in [0.25, 0.3) is 11.0 Å². The van der Waals surface area contributed by atoms with Gasteiger partial charge in [0, 0.05) is 42.4 Å². The minimum absolute atomic E-state index is 0.00852. The number of carbonyl (C=O) groups excluding carboxylic acids is 1. The van der Waals surface area contributed by atoms with Crippen molar-refractivity contribution in [3.63, 3.8) is 0 Å². The topological polar surface area (TPSA) is 59.8 Å². The SMILES string of the molecule is Cc1c(OC2CCN(C)CC2)ccc2cc(CC(=O)Cc3ccc(Cl)c(Cl)c3)c(=O)oc12. The molecule has 1 fully saturated rings. The number of ketones is 1. The number of hydrogen-bond donors (Lipinski definition) is 0. The first-order chi connectivity index (χ1) is 15.3. The fraction of sp³-hybridized carbons (Fsp3) is 0.360. The van der Waals surface area contributed by atoms with E-state index in [2.05, 4.69) is 11.9 Å². The van der Waals surface area contributed by atoms with Gasteiger partial charge >= 0.3 is 5.63 Å². The van der Waals surface area contributed by atoms with Crippen molar-refractivity contribution in [3.8, 4) is 5.75 Å². The summed E-state index contributed by atoms with van der Waals surface area (Å²) in [5.41, 5.74) is 1.89. The van der Waals surface area contributed by atoms with Crippen LogP contribution in [0.15, 0.2) is 45.6 Å². The zero-order valence-electron chi connectivity index (χ0n) is 18.1. The van der Waals surface area contributed by atoms with Crippen molar-refractivity contribution in [1.82, 2.24) is 4.90 Å². The molecular weight excluding hydrogens is 449 g/mol. The molecule has 1 aliphatic rings. The summed E-state index contributed by atoms with van der Waals surface area (Å²) in [6.45, 7) is 3.91. The first kappa shape index (κ1) is 22.8. The van der Waals surface area contributed by atoms with Crippen LogP contribution < -0.4 is 10.4 Å². The van der Waals surface area contributed by atoms with Gasteiger partial charge in [0.05, 0.1) is 10.0 Å². The normalized spacial score (nSPS) is 15.2. The highest BCUT2D eigenvalue weighted by Crippen LogP contribution is 2.29. The third-order valence-electron chi connectivity index (χ3n) is 5.91. The zero-order valence-corrected chi connectivity index (χ0v) is 19.6. The Hall–Kier alpha value is -2.34. The Labute approximate surface area is 196 Å². The molecule has 2 aromatic carbocycles. The van der Waals surface area contributed by atoms with Crippen molar-refractivity contribution >= 4 is 40.0 Å². The maximum atomic E-state index is 12.6. The van der Waals surface area contributed by atoms with Crippen molar-refractivity contribution in [3.05, 3.63) is 73.6 Å². The predicted octanol–water partition coefficient (Wildman–Crippen LogP) is 5.24. The molecule has 0 amide bonds. The molecule has 1 saturated heterocycles. The number of ether oxygens (including phenoxy) is 1. The predicted molar refractivity (Wildman–Crippen MR) is 127 cm³/mol. The second-order valence-corrected chi connectivity index (χ2v) is 9.24. The Kier molecular flexibility index (Phi) is 6.89. The number of aryl methyl sites for hydroxylation is 1. The summed E-state index contributed by atoms with van der Waals surface area (Å²) in [5.74, 6) is 0.632. The molecule has 1 aliphatic heterocycles. The maximum Gasteiger partial charge on any atom is 0.339 e. The summed E-state index contributed by atoms with van der Waals surface area (Å²) in [6, 6.07) is 10.6. The Bertz CT molecular complexity index is 1210. The summed E-state index contributed by atoms with van der Waals surface area (Å²) < 4.78 is 11.8. The van der Waals surface area contributed by atoms with E-state index in [-0.39, 0.29) is 24.7 Å². The lowest BCUT2D eigenvalue weighted by Crippen LogP contribution is -2.35. The van der Waals surface area contributed by atoms with E-state index in [0.717, 1.165) is 48.2 Å². The van der Waals surface area contributed by atoms with E-state index in [1.54, 1.807) is 24.3 Å². The number of nitrogens with zero attached hydrogens (tertiary/aromatic N) is 1. The molecule has 0 radical (unpaired) electrons. The highest BCUT2D eigenvalue weighted by atomic mass is 35.5. The van der Waals surface area contributed by atoms with Crippen LogP contribution in [0.1, 0.15) is 29.5 Å². The summed E-state index contributed by atoms with van der Waals surface area (Å²) in [7, 11) is 2.11. The van der Waals surface area contributed by atoms with Gasteiger partial charge in [-0.3, -0.25) is 4.79 Å². The molecular formula is C25H25Cl2NO4. The number of benzene rings is 2. The number of carbonyl (C=O) groups is 1. The minimum Gasteiger partial charge on any atom is -0.490 e. The third-order valence-corrected chi connectivity index (χ3v) is 6.64. The molecule has 32 heavy (non-hydrogen) atoms. The molecule has 0 unspecified atom stereocenters. The van der Waals surface area contributed by atoms with Crippen LogP contribution in [-0.2, 0) is 17.6 Å². The van der Waals surface area contributed by atoms with E-state index in [0.29, 0.717) is 21.2 Å². The largest absolute Gasteiger partial charge is 0.490 e. The summed E-state index contributed by atoms with van der Waals surface area (Å²) in [4.78, 5) is 27.4. The van der Waals surface area contributed by atoms with Gasteiger partial charge in [0.1, 0.15) is 23.2 Å². The summed E-state index contributed by atoms with van der Waals surface area (Å²) in [6.07, 6.45) is 2.25. The standard InChI is InChI=1S/C25H25Cl2NO4/c1-15-23(31-20-7-9-28(2)10-8-20)6-4-17-13-18(25(30)32-24(15)17)14-19(29)11-16-3-5-21(26)22(27)12-16/h3-6,12-13,20H,7-11,14H2,1-2H3. The molecule has 3 aromatic rings. The summed E-state index contributed by atoms with van der Waals surface area (Å²) in [5, 5.41) is 1.61. The quantitative estimate of drug-likeness (QED) is 0.458. The Morgan fingerprint density at radius 2 is 1.84 bits per heavy atom. The van der Waals surface area contributed by atoms with Crippen LogP contribution in [0.5, 0.6) is 5.75 Å². The second-order valence-electron chi connectivity index (χ2n) is 8.43. The molecule has 7 heteroatoms. The van der Waals surface area contributed by atoms with Gasteiger partial charge in [0.25, 0.3) is 0 Å². The van der Waals surface area contributed by atoms with Crippen LogP contribution in [0.4, 0.5) is 0 Å². The van der Waals surface area contributed by atoms with E-state index in [1.165, 1.54) is 0 Å². The van der Waals surface area contributed by atoms with Crippen molar-refractivity contribution in [2.45, 2.75) is 38.7 Å². The molecule has 5 nitrogen and oxygen atoms in total. The van der Waals surface area contributed by atoms with Crippen molar-refractivity contribution in [1.29, 1.82) is 0 Å². The molecule has 0 spiro atoms. The number of rotatable bonds is 6. The van der Waals surface area contributed by atoms with Gasteiger partial charge in [-0.15, -0.1) is 0 Å². The lowest BCUT2D eigenvalue weighted by Gasteiger charge is -2.29. The maximum absolute atomic E-state index is 12.6. The van der Waals surface area contributed by atoms with E-state index >= 15 is 0 Å². The van der Waals surface area contributed by atoms with Crippen LogP contribution in [-0.4, -0.2) is 36.9 Å². The number of Topliss-reactive ketones (excluding diaryl/α,β-unsaturated/α-hetero) is 1. The highest BCUT2D eigenvalue weighted by molar-refractivity contribution is 6.42. The Morgan fingerprint density at radius 1 is 1.09 bits per heavy atom. The van der Waals surface area contributed by atoms with E-state index in [4.69, 9.17) is 32.4 Å². The first-order valence-corrected chi connectivity index (χ1v) is 11.4. The fourth-order valence-electron chi connectivity index (χ4n) is 4.03. The fourth-order valence-corrected chi connectivity index (χ4v) is 4.35. The zero-order chi connectivity index (χ0) is 22.8. The van der Waals surface area contributed by atoms with Gasteiger partial charge in [0.15, 0.2) is 0 Å². The van der Waals surface area contributed by atoms with Crippen LogP contribution in [0.2, 0.25) is 10.0 Å². The average molecular weight is 474 g/mol. The molecule has 1 aromatic heterocycles. The summed E-state index contributed by atoms with van der Waals surface area (Å²) >= 11 is 11.9. The lowest BCUT2D eigenvalue weighted by molar-refractivity contribution is -0.117. The molecule has 0 aliphatic carbocycles.